The number of carbonyl (C=O) groups excluding carboxylic acids is 1. The van der Waals surface area contributed by atoms with Gasteiger partial charge in [0.15, 0.2) is 5.69 Å². The smallest absolute Gasteiger partial charge is 0.271 e. The average molecular weight is 237 g/mol. The Kier molecular flexibility index (Phi) is 2.54. The van der Waals surface area contributed by atoms with Gasteiger partial charge in [-0.3, -0.25) is 9.36 Å². The standard InChI is InChI=1S/C10H9ClN4O/c11-10-14-7(9(13)16)8(12)15(10)6-4-2-1-3-5-6/h1-5H,12H2,(H2,13,16). The van der Waals surface area contributed by atoms with Crippen LogP contribution < -0.4 is 11.5 Å². The van der Waals surface area contributed by atoms with Crippen molar-refractivity contribution in [3.63, 3.8) is 0 Å². The highest BCUT2D eigenvalue weighted by molar-refractivity contribution is 6.29. The number of carbonyl (C=O) groups is 1. The number of hydrogen-bond acceptors (Lipinski definition) is 3. The Hall–Kier alpha value is -2.01. The van der Waals surface area contributed by atoms with Gasteiger partial charge in [0.05, 0.1) is 0 Å². The van der Waals surface area contributed by atoms with Gasteiger partial charge < -0.3 is 11.5 Å². The van der Waals surface area contributed by atoms with E-state index < -0.39 is 5.91 Å². The molecule has 4 N–H and O–H groups in total. The summed E-state index contributed by atoms with van der Waals surface area (Å²) in [6.07, 6.45) is 0. The number of nitrogens with zero attached hydrogens (tertiary/aromatic N) is 2. The topological polar surface area (TPSA) is 86.9 Å². The molecule has 1 heterocycles. The van der Waals surface area contributed by atoms with Gasteiger partial charge in [-0.05, 0) is 23.7 Å². The van der Waals surface area contributed by atoms with Gasteiger partial charge in [-0.15, -0.1) is 0 Å². The minimum absolute atomic E-state index is 0.0196. The van der Waals surface area contributed by atoms with Crippen molar-refractivity contribution in [1.29, 1.82) is 0 Å². The van der Waals surface area contributed by atoms with E-state index in [-0.39, 0.29) is 16.8 Å². The molecule has 1 aromatic carbocycles. The number of rotatable bonds is 2. The number of halogens is 1. The highest BCUT2D eigenvalue weighted by Gasteiger charge is 2.17. The first kappa shape index (κ1) is 10.5. The van der Waals surface area contributed by atoms with Crippen molar-refractivity contribution >= 4 is 23.3 Å². The molecule has 1 aromatic heterocycles. The quantitative estimate of drug-likeness (QED) is 0.822. The lowest BCUT2D eigenvalue weighted by molar-refractivity contribution is 0.0997. The van der Waals surface area contributed by atoms with Crippen molar-refractivity contribution in [2.45, 2.75) is 0 Å². The Morgan fingerprint density at radius 2 is 1.94 bits per heavy atom. The number of nitrogens with two attached hydrogens (primary N) is 2. The molecule has 0 fully saturated rings. The lowest BCUT2D eigenvalue weighted by atomic mass is 10.3. The molecule has 0 aliphatic rings. The molecule has 0 atom stereocenters. The second kappa shape index (κ2) is 3.86. The van der Waals surface area contributed by atoms with E-state index in [1.54, 1.807) is 12.1 Å². The van der Waals surface area contributed by atoms with Crippen LogP contribution in [0.5, 0.6) is 0 Å². The van der Waals surface area contributed by atoms with Gasteiger partial charge >= 0.3 is 0 Å². The number of imidazole rings is 1. The normalized spacial score (nSPS) is 10.3. The third-order valence-electron chi connectivity index (χ3n) is 2.12. The minimum Gasteiger partial charge on any atom is -0.383 e. The fourth-order valence-corrected chi connectivity index (χ4v) is 1.68. The number of primary amides is 1. The van der Waals surface area contributed by atoms with Crippen LogP contribution in [0.25, 0.3) is 5.69 Å². The molecule has 16 heavy (non-hydrogen) atoms. The van der Waals surface area contributed by atoms with E-state index in [9.17, 15) is 4.79 Å². The molecule has 2 rings (SSSR count). The van der Waals surface area contributed by atoms with Crippen LogP contribution in [0.2, 0.25) is 5.28 Å². The van der Waals surface area contributed by atoms with Gasteiger partial charge in [0, 0.05) is 5.69 Å². The van der Waals surface area contributed by atoms with Crippen LogP contribution in [0.3, 0.4) is 0 Å². The molecule has 2 aromatic rings. The fourth-order valence-electron chi connectivity index (χ4n) is 1.41. The van der Waals surface area contributed by atoms with Gasteiger partial charge in [0.1, 0.15) is 5.82 Å². The predicted octanol–water partition coefficient (Wildman–Crippen LogP) is 1.21. The predicted molar refractivity (Wildman–Crippen MR) is 61.5 cm³/mol. The highest BCUT2D eigenvalue weighted by Crippen LogP contribution is 2.23. The molecule has 1 amide bonds. The Bertz CT molecular complexity index is 535. The van der Waals surface area contributed by atoms with Crippen LogP contribution in [0, 0.1) is 0 Å². The number of nitrogen functional groups attached to an aromatic ring is 1. The number of hydrogen-bond donors (Lipinski definition) is 2. The summed E-state index contributed by atoms with van der Waals surface area (Å²) in [4.78, 5) is 14.8. The van der Waals surface area contributed by atoms with E-state index in [2.05, 4.69) is 4.98 Å². The van der Waals surface area contributed by atoms with E-state index in [4.69, 9.17) is 23.1 Å². The number of amides is 1. The monoisotopic (exact) mass is 236 g/mol. The summed E-state index contributed by atoms with van der Waals surface area (Å²) < 4.78 is 1.46. The summed E-state index contributed by atoms with van der Waals surface area (Å²) in [7, 11) is 0. The van der Waals surface area contributed by atoms with Crippen molar-refractivity contribution in [1.82, 2.24) is 9.55 Å². The molecule has 0 spiro atoms. The van der Waals surface area contributed by atoms with Crippen LogP contribution in [0.15, 0.2) is 30.3 Å². The largest absolute Gasteiger partial charge is 0.383 e. The zero-order valence-electron chi connectivity index (χ0n) is 8.22. The molecule has 0 saturated carbocycles. The second-order valence-electron chi connectivity index (χ2n) is 3.15. The average Bonchev–Trinajstić information content (AvgIpc) is 2.56. The van der Waals surface area contributed by atoms with Gasteiger partial charge in [0.25, 0.3) is 5.91 Å². The number of aromatic nitrogens is 2. The van der Waals surface area contributed by atoms with Gasteiger partial charge in [0.2, 0.25) is 5.28 Å². The van der Waals surface area contributed by atoms with E-state index in [0.717, 1.165) is 5.69 Å². The molecule has 0 aliphatic heterocycles. The third kappa shape index (κ3) is 1.61. The van der Waals surface area contributed by atoms with Crippen molar-refractivity contribution in [2.75, 3.05) is 5.73 Å². The van der Waals surface area contributed by atoms with Gasteiger partial charge in [-0.2, -0.15) is 0 Å². The molecule has 0 aliphatic carbocycles. The Labute approximate surface area is 96.6 Å². The number of anilines is 1. The summed E-state index contributed by atoms with van der Waals surface area (Å²) >= 11 is 5.89. The number of para-hydroxylation sites is 1. The minimum atomic E-state index is -0.700. The van der Waals surface area contributed by atoms with Crippen LogP contribution in [-0.4, -0.2) is 15.5 Å². The number of benzene rings is 1. The van der Waals surface area contributed by atoms with E-state index in [0.29, 0.717) is 0 Å². The third-order valence-corrected chi connectivity index (χ3v) is 2.37. The first-order valence-corrected chi connectivity index (χ1v) is 4.88. The van der Waals surface area contributed by atoms with Crippen LogP contribution in [0.1, 0.15) is 10.5 Å². The van der Waals surface area contributed by atoms with Crippen molar-refractivity contribution in [3.8, 4) is 5.69 Å². The zero-order valence-corrected chi connectivity index (χ0v) is 8.98. The summed E-state index contributed by atoms with van der Waals surface area (Å²) in [6.45, 7) is 0. The van der Waals surface area contributed by atoms with E-state index in [1.807, 2.05) is 18.2 Å². The highest BCUT2D eigenvalue weighted by atomic mass is 35.5. The zero-order chi connectivity index (χ0) is 11.7. The molecule has 0 saturated heterocycles. The molecule has 6 heteroatoms. The van der Waals surface area contributed by atoms with E-state index in [1.165, 1.54) is 4.57 Å². The molecule has 0 unspecified atom stereocenters. The fraction of sp³-hybridized carbons (Fsp3) is 0. The summed E-state index contributed by atoms with van der Waals surface area (Å²) in [5.74, 6) is -0.558. The van der Waals surface area contributed by atoms with Crippen molar-refractivity contribution in [2.24, 2.45) is 5.73 Å². The second-order valence-corrected chi connectivity index (χ2v) is 3.49. The van der Waals surface area contributed by atoms with Gasteiger partial charge in [-0.1, -0.05) is 18.2 Å². The maximum atomic E-state index is 11.0. The first-order chi connectivity index (χ1) is 7.61. The molecule has 82 valence electrons. The lowest BCUT2D eigenvalue weighted by Gasteiger charge is -2.05. The van der Waals surface area contributed by atoms with Crippen molar-refractivity contribution in [3.05, 3.63) is 41.3 Å². The Morgan fingerprint density at radius 3 is 2.44 bits per heavy atom. The molecule has 0 radical (unpaired) electrons. The van der Waals surface area contributed by atoms with E-state index >= 15 is 0 Å². The van der Waals surface area contributed by atoms with Crippen LogP contribution in [-0.2, 0) is 0 Å². The maximum Gasteiger partial charge on any atom is 0.271 e. The first-order valence-electron chi connectivity index (χ1n) is 4.50. The van der Waals surface area contributed by atoms with Gasteiger partial charge in [-0.25, -0.2) is 4.98 Å². The lowest BCUT2D eigenvalue weighted by Crippen LogP contribution is -2.14. The molecule has 5 nitrogen and oxygen atoms in total. The Morgan fingerprint density at radius 1 is 1.31 bits per heavy atom. The Balaban J connectivity index is 2.63. The van der Waals surface area contributed by atoms with Crippen LogP contribution in [0.4, 0.5) is 5.82 Å². The molecule has 0 bridgehead atoms. The summed E-state index contributed by atoms with van der Waals surface area (Å²) in [5.41, 5.74) is 11.6. The SMILES string of the molecule is NC(=O)c1nc(Cl)n(-c2ccccc2)c1N. The molecular formula is C10H9ClN4O. The summed E-state index contributed by atoms with van der Waals surface area (Å²) in [5, 5.41) is 0.109. The molecular weight excluding hydrogens is 228 g/mol. The van der Waals surface area contributed by atoms with Crippen molar-refractivity contribution < 1.29 is 4.79 Å². The van der Waals surface area contributed by atoms with Crippen LogP contribution >= 0.6 is 11.6 Å². The summed E-state index contributed by atoms with van der Waals surface area (Å²) in [6, 6.07) is 9.12. The maximum absolute atomic E-state index is 11.0.